The summed E-state index contributed by atoms with van der Waals surface area (Å²) in [5.41, 5.74) is 1.48. The van der Waals surface area contributed by atoms with Crippen LogP contribution in [-0.4, -0.2) is 55.3 Å². The first kappa shape index (κ1) is 22.8. The predicted molar refractivity (Wildman–Crippen MR) is 126 cm³/mol. The molecule has 0 aliphatic carbocycles. The summed E-state index contributed by atoms with van der Waals surface area (Å²) in [5, 5.41) is 0. The van der Waals surface area contributed by atoms with Crippen molar-refractivity contribution >= 4 is 17.7 Å². The minimum atomic E-state index is -0.662. The van der Waals surface area contributed by atoms with Crippen molar-refractivity contribution in [2.45, 2.75) is 50.0 Å². The Balaban J connectivity index is 1.34. The third-order valence-corrected chi connectivity index (χ3v) is 7.64. The van der Waals surface area contributed by atoms with E-state index in [9.17, 15) is 14.0 Å². The Morgan fingerprint density at radius 1 is 1.00 bits per heavy atom. The van der Waals surface area contributed by atoms with Gasteiger partial charge in [-0.3, -0.25) is 9.69 Å². The first-order valence-corrected chi connectivity index (χ1v) is 12.1. The summed E-state index contributed by atoms with van der Waals surface area (Å²) in [4.78, 5) is 30.2. The summed E-state index contributed by atoms with van der Waals surface area (Å²) >= 11 is 0. The zero-order valence-electron chi connectivity index (χ0n) is 19.6. The number of hydrogen-bond donors (Lipinski definition) is 0. The molecule has 3 aliphatic rings. The molecule has 0 aromatic heterocycles. The third-order valence-electron chi connectivity index (χ3n) is 7.64. The van der Waals surface area contributed by atoms with Gasteiger partial charge in [-0.15, -0.1) is 0 Å². The van der Waals surface area contributed by atoms with Crippen molar-refractivity contribution < 1.29 is 23.5 Å². The second-order valence-electron chi connectivity index (χ2n) is 9.82. The lowest BCUT2D eigenvalue weighted by atomic mass is 9.72. The second-order valence-corrected chi connectivity index (χ2v) is 9.82. The summed E-state index contributed by atoms with van der Waals surface area (Å²) in [5.74, 6) is -0.246. The van der Waals surface area contributed by atoms with Crippen molar-refractivity contribution in [3.05, 3.63) is 65.5 Å². The number of anilines is 1. The molecule has 3 heterocycles. The highest BCUT2D eigenvalue weighted by Crippen LogP contribution is 2.40. The first-order chi connectivity index (χ1) is 16.4. The van der Waals surface area contributed by atoms with Crippen LogP contribution in [0.25, 0.3) is 0 Å². The predicted octanol–water partition coefficient (Wildman–Crippen LogP) is 4.59. The molecule has 34 heavy (non-hydrogen) atoms. The maximum atomic E-state index is 14.0. The standard InChI is InChI=1S/C27H31FN2O4/c1-20-6-8-21(9-7-20)27(12-16-33-17-13-27)24(31)29-14-3-10-26(11-15-29)19-30(25(32)34-26)23-5-2-4-22(28)18-23/h2,4-9,18H,3,10-17,19H2,1H3/t26-/m0/s1. The number of amides is 2. The van der Waals surface area contributed by atoms with Crippen LogP contribution in [0.3, 0.4) is 0 Å². The summed E-state index contributed by atoms with van der Waals surface area (Å²) in [6, 6.07) is 14.3. The number of rotatable bonds is 3. The summed E-state index contributed by atoms with van der Waals surface area (Å²) in [6.45, 7) is 4.71. The van der Waals surface area contributed by atoms with Crippen molar-refractivity contribution in [3.63, 3.8) is 0 Å². The summed E-state index contributed by atoms with van der Waals surface area (Å²) < 4.78 is 25.2. The van der Waals surface area contributed by atoms with Gasteiger partial charge in [0.2, 0.25) is 5.91 Å². The Hall–Kier alpha value is -2.93. The number of carbonyl (C=O) groups is 2. The van der Waals surface area contributed by atoms with Gasteiger partial charge in [0.05, 0.1) is 17.6 Å². The smallest absolute Gasteiger partial charge is 0.415 e. The van der Waals surface area contributed by atoms with Crippen LogP contribution in [0, 0.1) is 12.7 Å². The van der Waals surface area contributed by atoms with Crippen LogP contribution in [0.4, 0.5) is 14.9 Å². The molecule has 1 atom stereocenters. The Kier molecular flexibility index (Phi) is 6.06. The van der Waals surface area contributed by atoms with Crippen LogP contribution >= 0.6 is 0 Å². The molecule has 5 rings (SSSR count). The number of halogens is 1. The van der Waals surface area contributed by atoms with Gasteiger partial charge in [0.25, 0.3) is 0 Å². The van der Waals surface area contributed by atoms with Crippen LogP contribution < -0.4 is 4.90 Å². The molecule has 2 aromatic carbocycles. The van der Waals surface area contributed by atoms with Gasteiger partial charge in [0.1, 0.15) is 11.4 Å². The highest BCUT2D eigenvalue weighted by molar-refractivity contribution is 5.90. The lowest BCUT2D eigenvalue weighted by Crippen LogP contribution is -2.50. The van der Waals surface area contributed by atoms with E-state index >= 15 is 0 Å². The van der Waals surface area contributed by atoms with Crippen molar-refractivity contribution in [1.82, 2.24) is 4.90 Å². The van der Waals surface area contributed by atoms with E-state index in [-0.39, 0.29) is 11.7 Å². The van der Waals surface area contributed by atoms with E-state index in [4.69, 9.17) is 9.47 Å². The molecule has 0 saturated carbocycles. The molecular formula is C27H31FN2O4. The molecular weight excluding hydrogens is 435 g/mol. The second kappa shape index (κ2) is 9.02. The monoisotopic (exact) mass is 466 g/mol. The van der Waals surface area contributed by atoms with Gasteiger partial charge in [0, 0.05) is 32.7 Å². The molecule has 3 saturated heterocycles. The SMILES string of the molecule is Cc1ccc(C2(C(=O)N3CCC[C@]4(CC3)CN(c3cccc(F)c3)C(=O)O4)CCOCC2)cc1. The Bertz CT molecular complexity index is 1070. The Labute approximate surface area is 199 Å². The van der Waals surface area contributed by atoms with Crippen molar-refractivity contribution in [2.75, 3.05) is 37.7 Å². The van der Waals surface area contributed by atoms with E-state index in [0.29, 0.717) is 64.2 Å². The van der Waals surface area contributed by atoms with Gasteiger partial charge in [-0.1, -0.05) is 35.9 Å². The molecule has 1 spiro atoms. The fourth-order valence-electron chi connectivity index (χ4n) is 5.62. The molecule has 3 fully saturated rings. The zero-order chi connectivity index (χ0) is 23.8. The van der Waals surface area contributed by atoms with E-state index in [1.54, 1.807) is 12.1 Å². The number of likely N-dealkylation sites (tertiary alicyclic amines) is 1. The van der Waals surface area contributed by atoms with E-state index in [0.717, 1.165) is 12.0 Å². The van der Waals surface area contributed by atoms with Crippen molar-refractivity contribution in [3.8, 4) is 0 Å². The van der Waals surface area contributed by atoms with Gasteiger partial charge >= 0.3 is 6.09 Å². The lowest BCUT2D eigenvalue weighted by molar-refractivity contribution is -0.141. The lowest BCUT2D eigenvalue weighted by Gasteiger charge is -2.40. The highest BCUT2D eigenvalue weighted by Gasteiger charge is 2.49. The van der Waals surface area contributed by atoms with Crippen molar-refractivity contribution in [2.24, 2.45) is 0 Å². The largest absolute Gasteiger partial charge is 0.441 e. The fraction of sp³-hybridized carbons (Fsp3) is 0.481. The first-order valence-electron chi connectivity index (χ1n) is 12.1. The zero-order valence-corrected chi connectivity index (χ0v) is 19.6. The third kappa shape index (κ3) is 4.17. The normalized spacial score (nSPS) is 24.7. The molecule has 180 valence electrons. The molecule has 2 amide bonds. The van der Waals surface area contributed by atoms with Crippen LogP contribution in [0.15, 0.2) is 48.5 Å². The molecule has 6 nitrogen and oxygen atoms in total. The van der Waals surface area contributed by atoms with Crippen LogP contribution in [-0.2, 0) is 19.7 Å². The minimum absolute atomic E-state index is 0.142. The Morgan fingerprint density at radius 2 is 1.76 bits per heavy atom. The number of aryl methyl sites for hydroxylation is 1. The fourth-order valence-corrected chi connectivity index (χ4v) is 5.62. The van der Waals surface area contributed by atoms with Gasteiger partial charge in [-0.05, 0) is 56.4 Å². The number of nitrogens with zero attached hydrogens (tertiary/aromatic N) is 2. The molecule has 0 radical (unpaired) electrons. The average molecular weight is 467 g/mol. The molecule has 3 aliphatic heterocycles. The topological polar surface area (TPSA) is 59.1 Å². The van der Waals surface area contributed by atoms with Crippen LogP contribution in [0.2, 0.25) is 0 Å². The maximum Gasteiger partial charge on any atom is 0.415 e. The minimum Gasteiger partial charge on any atom is -0.441 e. The molecule has 0 N–H and O–H groups in total. The van der Waals surface area contributed by atoms with Crippen LogP contribution in [0.5, 0.6) is 0 Å². The van der Waals surface area contributed by atoms with Crippen molar-refractivity contribution in [1.29, 1.82) is 0 Å². The average Bonchev–Trinajstić information content (AvgIpc) is 3.03. The van der Waals surface area contributed by atoms with E-state index in [1.165, 1.54) is 22.6 Å². The maximum absolute atomic E-state index is 14.0. The number of carbonyl (C=O) groups excluding carboxylic acids is 2. The highest BCUT2D eigenvalue weighted by atomic mass is 19.1. The number of ether oxygens (including phenoxy) is 2. The molecule has 0 bridgehead atoms. The number of hydrogen-bond acceptors (Lipinski definition) is 4. The van der Waals surface area contributed by atoms with E-state index < -0.39 is 17.1 Å². The summed E-state index contributed by atoms with van der Waals surface area (Å²) in [7, 11) is 0. The van der Waals surface area contributed by atoms with Gasteiger partial charge in [-0.25, -0.2) is 9.18 Å². The summed E-state index contributed by atoms with van der Waals surface area (Å²) in [6.07, 6.45) is 2.87. The van der Waals surface area contributed by atoms with Gasteiger partial charge < -0.3 is 14.4 Å². The Morgan fingerprint density at radius 3 is 2.50 bits per heavy atom. The van der Waals surface area contributed by atoms with E-state index in [1.807, 2.05) is 11.8 Å². The van der Waals surface area contributed by atoms with Gasteiger partial charge in [-0.2, -0.15) is 0 Å². The van der Waals surface area contributed by atoms with Crippen LogP contribution in [0.1, 0.15) is 43.2 Å². The van der Waals surface area contributed by atoms with Gasteiger partial charge in [0.15, 0.2) is 0 Å². The molecule has 2 aromatic rings. The molecule has 7 heteroatoms. The number of benzene rings is 2. The quantitative estimate of drug-likeness (QED) is 0.664. The molecule has 0 unspecified atom stereocenters. The van der Waals surface area contributed by atoms with E-state index in [2.05, 4.69) is 24.3 Å².